The summed E-state index contributed by atoms with van der Waals surface area (Å²) in [7, 11) is -7.81. The minimum Gasteiger partial charge on any atom is -0.481 e. The molecule has 0 spiro atoms. The van der Waals surface area contributed by atoms with Crippen LogP contribution in [-0.4, -0.2) is 42.2 Å². The number of nitrogen functional groups attached to an aromatic ring is 1. The number of ether oxygens (including phenoxy) is 1. The van der Waals surface area contributed by atoms with Crippen molar-refractivity contribution in [3.8, 4) is 22.7 Å². The molecule has 4 aromatic carbocycles. The number of nitrogens with zero attached hydrogens (tertiary/aromatic N) is 4. The van der Waals surface area contributed by atoms with Gasteiger partial charge in [-0.3, -0.25) is 4.79 Å². The van der Waals surface area contributed by atoms with Crippen LogP contribution in [0.5, 0.6) is 5.88 Å². The Balaban J connectivity index is 1.48. The third kappa shape index (κ3) is 5.62. The van der Waals surface area contributed by atoms with Gasteiger partial charge in [0.1, 0.15) is 0 Å². The van der Waals surface area contributed by atoms with Crippen LogP contribution in [0.25, 0.3) is 27.7 Å². The van der Waals surface area contributed by atoms with E-state index in [4.69, 9.17) is 10.5 Å². The van der Waals surface area contributed by atoms with Crippen LogP contribution in [0.3, 0.4) is 0 Å². The van der Waals surface area contributed by atoms with Crippen LogP contribution < -0.4 is 16.0 Å². The quantitative estimate of drug-likeness (QED) is 0.235. The van der Waals surface area contributed by atoms with Crippen molar-refractivity contribution < 1.29 is 21.6 Å². The molecule has 2 heterocycles. The van der Waals surface area contributed by atoms with Gasteiger partial charge in [0.2, 0.25) is 11.8 Å². The molecule has 6 rings (SSSR count). The number of hydrogen-bond acceptors (Lipinski definition) is 9. The van der Waals surface area contributed by atoms with Crippen molar-refractivity contribution in [2.24, 2.45) is 0 Å². The molecule has 0 aliphatic heterocycles. The molecule has 2 aromatic heterocycles. The number of methoxy groups -OCH3 is 1. The van der Waals surface area contributed by atoms with Gasteiger partial charge in [-0.15, -0.1) is 0 Å². The number of rotatable bonds is 9. The molecule has 0 aliphatic rings. The van der Waals surface area contributed by atoms with Gasteiger partial charge in [0.25, 0.3) is 25.6 Å². The molecule has 0 saturated heterocycles. The number of nitrogens with two attached hydrogens (primary N) is 1. The van der Waals surface area contributed by atoms with E-state index in [2.05, 4.69) is 9.97 Å². The second kappa shape index (κ2) is 12.2. The summed E-state index contributed by atoms with van der Waals surface area (Å²) in [5.74, 6) is 0.0612. The fourth-order valence-electron chi connectivity index (χ4n) is 5.02. The molecule has 13 heteroatoms. The molecule has 6 aromatic rings. The number of para-hydroxylation sites is 1. The van der Waals surface area contributed by atoms with Crippen LogP contribution >= 0.6 is 0 Å². The smallest absolute Gasteiger partial charge is 0.267 e. The van der Waals surface area contributed by atoms with E-state index in [1.54, 1.807) is 60.7 Å². The van der Waals surface area contributed by atoms with Crippen LogP contribution in [0.1, 0.15) is 5.56 Å². The topological polar surface area (TPSA) is 155 Å². The number of aromatic nitrogens is 3. The molecule has 11 nitrogen and oxygen atoms in total. The summed E-state index contributed by atoms with van der Waals surface area (Å²) in [6.45, 7) is -0.620. The summed E-state index contributed by atoms with van der Waals surface area (Å²) in [6.07, 6.45) is 1.49. The SMILES string of the molecule is COc1ncc(-c2ccc3nc(N)n(-c4ccccc4)c(=O)c3c2)cc1CN(S(=O)(=O)c1ccccc1)S(=O)(=O)c1ccccc1. The summed E-state index contributed by atoms with van der Waals surface area (Å²) in [6, 6.07) is 30.1. The maximum Gasteiger partial charge on any atom is 0.267 e. The monoisotopic (exact) mass is 653 g/mol. The lowest BCUT2D eigenvalue weighted by atomic mass is 10.0. The number of pyridine rings is 1. The summed E-state index contributed by atoms with van der Waals surface area (Å²) in [5.41, 5.74) is 7.91. The van der Waals surface area contributed by atoms with Gasteiger partial charge in [-0.1, -0.05) is 64.4 Å². The summed E-state index contributed by atoms with van der Waals surface area (Å²) >= 11 is 0. The normalized spacial score (nSPS) is 12.0. The third-order valence-corrected chi connectivity index (χ3v) is 11.5. The van der Waals surface area contributed by atoms with Crippen molar-refractivity contribution in [3.63, 3.8) is 0 Å². The van der Waals surface area contributed by atoms with Gasteiger partial charge in [0, 0.05) is 17.3 Å². The summed E-state index contributed by atoms with van der Waals surface area (Å²) in [4.78, 5) is 22.0. The van der Waals surface area contributed by atoms with Crippen LogP contribution in [0.15, 0.2) is 136 Å². The third-order valence-electron chi connectivity index (χ3n) is 7.28. The molecule has 0 bridgehead atoms. The van der Waals surface area contributed by atoms with Crippen molar-refractivity contribution in [2.75, 3.05) is 12.8 Å². The molecule has 232 valence electrons. The number of benzene rings is 4. The largest absolute Gasteiger partial charge is 0.481 e. The van der Waals surface area contributed by atoms with Gasteiger partial charge >= 0.3 is 0 Å². The highest BCUT2D eigenvalue weighted by Gasteiger charge is 2.37. The zero-order valence-electron chi connectivity index (χ0n) is 24.4. The zero-order chi connectivity index (χ0) is 32.5. The van der Waals surface area contributed by atoms with Crippen molar-refractivity contribution in [2.45, 2.75) is 16.3 Å². The van der Waals surface area contributed by atoms with E-state index in [1.165, 1.54) is 66.4 Å². The van der Waals surface area contributed by atoms with Gasteiger partial charge in [-0.05, 0) is 60.2 Å². The van der Waals surface area contributed by atoms with Crippen molar-refractivity contribution in [3.05, 3.63) is 137 Å². The minimum absolute atomic E-state index is 0.0296. The molecular formula is C33H27N5O6S2. The Bertz CT molecular complexity index is 2260. The second-order valence-corrected chi connectivity index (χ2v) is 14.1. The number of sulfonamides is 2. The average Bonchev–Trinajstić information content (AvgIpc) is 3.08. The minimum atomic E-state index is -4.58. The van der Waals surface area contributed by atoms with Crippen LogP contribution in [0.2, 0.25) is 0 Å². The Morgan fingerprint density at radius 3 is 1.89 bits per heavy atom. The lowest BCUT2D eigenvalue weighted by molar-refractivity contribution is 0.388. The molecule has 46 heavy (non-hydrogen) atoms. The standard InChI is InChI=1S/C33H27N5O6S2/c1-44-31-25(22-37(45(40,41)27-13-7-3-8-14-27)46(42,43)28-15-9-4-10-16-28)19-24(21-35-31)23-17-18-30-29(20-23)32(39)38(33(34)36-30)26-11-5-2-6-12-26/h2-21H,22H2,1H3,(H2,34,36). The average molecular weight is 654 g/mol. The van der Waals surface area contributed by atoms with E-state index < -0.39 is 26.6 Å². The predicted molar refractivity (Wildman–Crippen MR) is 174 cm³/mol. The Kier molecular flexibility index (Phi) is 8.13. The molecule has 0 saturated carbocycles. The van der Waals surface area contributed by atoms with Crippen molar-refractivity contribution in [1.82, 2.24) is 18.2 Å². The van der Waals surface area contributed by atoms with Gasteiger partial charge in [0.05, 0.1) is 40.0 Å². The first-order valence-electron chi connectivity index (χ1n) is 13.9. The molecule has 0 radical (unpaired) electrons. The molecule has 0 unspecified atom stereocenters. The molecule has 0 atom stereocenters. The van der Waals surface area contributed by atoms with Crippen LogP contribution in [0.4, 0.5) is 5.95 Å². The highest BCUT2D eigenvalue weighted by atomic mass is 32.3. The maximum absolute atomic E-state index is 13.9. The Hall–Kier alpha value is -5.37. The fraction of sp³-hybridized carbons (Fsp3) is 0.0606. The highest BCUT2D eigenvalue weighted by molar-refractivity contribution is 8.04. The lowest BCUT2D eigenvalue weighted by Gasteiger charge is -2.23. The zero-order valence-corrected chi connectivity index (χ0v) is 26.0. The predicted octanol–water partition coefficient (Wildman–Crippen LogP) is 4.62. The Labute approximate surface area is 265 Å². The van der Waals surface area contributed by atoms with Gasteiger partial charge in [-0.25, -0.2) is 31.4 Å². The number of hydrogen-bond donors (Lipinski definition) is 1. The number of fused-ring (bicyclic) bond motifs is 1. The first kappa shape index (κ1) is 30.6. The molecule has 0 amide bonds. The van der Waals surface area contributed by atoms with Gasteiger partial charge in [-0.2, -0.15) is 0 Å². The summed E-state index contributed by atoms with van der Waals surface area (Å²) < 4.78 is 62.8. The fourth-order valence-corrected chi connectivity index (χ4v) is 8.66. The van der Waals surface area contributed by atoms with Crippen LogP contribution in [-0.2, 0) is 26.6 Å². The van der Waals surface area contributed by atoms with Crippen LogP contribution in [0, 0.1) is 0 Å². The summed E-state index contributed by atoms with van der Waals surface area (Å²) in [5, 5.41) is 0.285. The molecule has 2 N–H and O–H groups in total. The van der Waals surface area contributed by atoms with E-state index in [0.717, 1.165) is 0 Å². The highest BCUT2D eigenvalue weighted by Crippen LogP contribution is 2.32. The van der Waals surface area contributed by atoms with E-state index >= 15 is 0 Å². The van der Waals surface area contributed by atoms with Gasteiger partial charge < -0.3 is 10.5 Å². The Morgan fingerprint density at radius 1 is 0.761 bits per heavy atom. The molecular weight excluding hydrogens is 627 g/mol. The van der Waals surface area contributed by atoms with E-state index in [1.807, 2.05) is 6.07 Å². The second-order valence-electron chi connectivity index (χ2n) is 10.1. The lowest BCUT2D eigenvalue weighted by Crippen LogP contribution is -2.36. The molecule has 0 aliphatic carbocycles. The van der Waals surface area contributed by atoms with E-state index in [0.29, 0.717) is 26.0 Å². The van der Waals surface area contributed by atoms with Crippen molar-refractivity contribution >= 4 is 36.9 Å². The van der Waals surface area contributed by atoms with E-state index in [9.17, 15) is 21.6 Å². The molecule has 0 fully saturated rings. The first-order chi connectivity index (χ1) is 22.1. The Morgan fingerprint density at radius 2 is 1.33 bits per heavy atom. The van der Waals surface area contributed by atoms with E-state index in [-0.39, 0.29) is 38.1 Å². The number of anilines is 1. The maximum atomic E-state index is 13.9. The van der Waals surface area contributed by atoms with Gasteiger partial charge in [0.15, 0.2) is 0 Å². The first-order valence-corrected chi connectivity index (χ1v) is 16.8. The van der Waals surface area contributed by atoms with Crippen molar-refractivity contribution in [1.29, 1.82) is 0 Å².